The Morgan fingerprint density at radius 3 is 2.43 bits per heavy atom. The molecule has 0 spiro atoms. The van der Waals surface area contributed by atoms with Crippen LogP contribution in [0.4, 0.5) is 0 Å². The van der Waals surface area contributed by atoms with Crippen molar-refractivity contribution >= 4 is 11.9 Å². The summed E-state index contributed by atoms with van der Waals surface area (Å²) in [6, 6.07) is 8.86. The van der Waals surface area contributed by atoms with Gasteiger partial charge in [0, 0.05) is 45.1 Å². The van der Waals surface area contributed by atoms with Crippen molar-refractivity contribution in [1.82, 2.24) is 0 Å². The Balaban J connectivity index is 0.949. The van der Waals surface area contributed by atoms with Crippen molar-refractivity contribution in [2.75, 3.05) is 20.8 Å². The number of fused-ring (bicyclic) bond motifs is 5. The molecule has 6 aliphatic rings. The second-order valence-electron chi connectivity index (χ2n) is 18.0. The zero-order valence-electron chi connectivity index (χ0n) is 35.8. The number of carbonyl (C=O) groups excluding carboxylic acids is 2. The van der Waals surface area contributed by atoms with Crippen LogP contribution in [0.2, 0.25) is 0 Å². The molecule has 0 radical (unpaired) electrons. The molecule has 0 amide bonds. The lowest BCUT2D eigenvalue weighted by atomic mass is 9.82. The minimum Gasteiger partial charge on any atom is -0.469 e. The van der Waals surface area contributed by atoms with E-state index in [1.165, 1.54) is 7.11 Å². The molecule has 17 atom stereocenters. The fourth-order valence-electron chi connectivity index (χ4n) is 10.6. The number of ether oxygens (including phenoxy) is 9. The summed E-state index contributed by atoms with van der Waals surface area (Å²) in [5.74, 6) is -2.07. The van der Waals surface area contributed by atoms with Crippen molar-refractivity contribution in [1.29, 1.82) is 0 Å². The molecule has 0 saturated carbocycles. The molecule has 4 bridgehead atoms. The highest BCUT2D eigenvalue weighted by atomic mass is 16.7. The summed E-state index contributed by atoms with van der Waals surface area (Å²) in [5, 5.41) is 30.9. The molecule has 6 saturated heterocycles. The maximum atomic E-state index is 13.3. The van der Waals surface area contributed by atoms with Gasteiger partial charge in [0.25, 0.3) is 0 Å². The van der Waals surface area contributed by atoms with Crippen molar-refractivity contribution in [2.24, 2.45) is 11.8 Å². The number of methoxy groups -OCH3 is 2. The third-order valence-electron chi connectivity index (χ3n) is 13.8. The number of rotatable bonds is 18. The smallest absolute Gasteiger partial charge is 0.338 e. The highest BCUT2D eigenvalue weighted by molar-refractivity contribution is 5.89. The van der Waals surface area contributed by atoms with Crippen LogP contribution < -0.4 is 0 Å². The quantitative estimate of drug-likeness (QED) is 0.134. The average Bonchev–Trinajstić information content (AvgIpc) is 3.86. The van der Waals surface area contributed by atoms with Crippen LogP contribution >= 0.6 is 0 Å². The molecular formula is C47H66O14. The summed E-state index contributed by atoms with van der Waals surface area (Å²) in [6.45, 7) is 14.4. The number of aliphatic hydroxyl groups is 3. The SMILES string of the molecule is C=CC[C@@H]1O[C@@H]2C[C@@H](O[C@@]3(CCC4CC(=C)C(CCC5CC(C)C(=C)[C@@H](C[C@@H]6O[C@H](C[C@H](O)CO)[C@H](OC)C6CC(=O)OC)O5)O4)CC(O)[C@@H]2O3)[C@H]1OC(=O)c1ccccc1. The molecule has 1 aromatic carbocycles. The van der Waals surface area contributed by atoms with E-state index in [4.69, 9.17) is 42.6 Å². The lowest BCUT2D eigenvalue weighted by molar-refractivity contribution is -0.258. The van der Waals surface area contributed by atoms with Gasteiger partial charge in [-0.15, -0.1) is 6.58 Å². The first kappa shape index (κ1) is 46.0. The zero-order chi connectivity index (χ0) is 43.4. The molecule has 6 unspecified atom stereocenters. The van der Waals surface area contributed by atoms with Gasteiger partial charge in [0.1, 0.15) is 18.3 Å². The van der Waals surface area contributed by atoms with E-state index < -0.39 is 79.4 Å². The molecule has 0 aromatic heterocycles. The van der Waals surface area contributed by atoms with E-state index in [0.29, 0.717) is 44.1 Å². The van der Waals surface area contributed by atoms with Crippen LogP contribution in [0.3, 0.4) is 0 Å². The third-order valence-corrected chi connectivity index (χ3v) is 13.8. The van der Waals surface area contributed by atoms with E-state index in [1.807, 2.05) is 6.07 Å². The van der Waals surface area contributed by atoms with Gasteiger partial charge in [-0.25, -0.2) is 4.79 Å². The maximum Gasteiger partial charge on any atom is 0.338 e. The van der Waals surface area contributed by atoms with Crippen LogP contribution in [0, 0.1) is 11.8 Å². The topological polar surface area (TPSA) is 178 Å². The lowest BCUT2D eigenvalue weighted by Gasteiger charge is -2.43. The monoisotopic (exact) mass is 854 g/mol. The first-order valence-corrected chi connectivity index (χ1v) is 22.1. The van der Waals surface area contributed by atoms with Crippen molar-refractivity contribution in [2.45, 2.75) is 175 Å². The largest absolute Gasteiger partial charge is 0.469 e. The molecule has 6 aliphatic heterocycles. The van der Waals surface area contributed by atoms with E-state index in [0.717, 1.165) is 30.4 Å². The van der Waals surface area contributed by atoms with Gasteiger partial charge in [0.2, 0.25) is 0 Å². The van der Waals surface area contributed by atoms with Crippen molar-refractivity contribution in [3.63, 3.8) is 0 Å². The summed E-state index contributed by atoms with van der Waals surface area (Å²) in [6.07, 6.45) is 1.15. The lowest BCUT2D eigenvalue weighted by Crippen LogP contribution is -2.55. The number of benzene rings is 1. The predicted molar refractivity (Wildman–Crippen MR) is 221 cm³/mol. The Kier molecular flexibility index (Phi) is 15.2. The Morgan fingerprint density at radius 2 is 1.70 bits per heavy atom. The molecule has 1 aromatic rings. The highest BCUT2D eigenvalue weighted by Crippen LogP contribution is 2.48. The fraction of sp³-hybridized carbons (Fsp3) is 0.702. The van der Waals surface area contributed by atoms with Crippen LogP contribution in [0.5, 0.6) is 0 Å². The minimum absolute atomic E-state index is 0.0642. The molecule has 14 nitrogen and oxygen atoms in total. The molecular weight excluding hydrogens is 789 g/mol. The van der Waals surface area contributed by atoms with Gasteiger partial charge in [-0.3, -0.25) is 4.79 Å². The van der Waals surface area contributed by atoms with Crippen LogP contribution in [0.25, 0.3) is 0 Å². The second-order valence-corrected chi connectivity index (χ2v) is 18.0. The Bertz CT molecular complexity index is 1690. The molecule has 61 heavy (non-hydrogen) atoms. The number of hydrogen-bond acceptors (Lipinski definition) is 14. The van der Waals surface area contributed by atoms with Gasteiger partial charge in [-0.2, -0.15) is 0 Å². The number of aliphatic hydroxyl groups excluding tert-OH is 3. The van der Waals surface area contributed by atoms with E-state index in [1.54, 1.807) is 37.5 Å². The van der Waals surface area contributed by atoms with Crippen molar-refractivity contribution in [3.8, 4) is 0 Å². The highest BCUT2D eigenvalue weighted by Gasteiger charge is 2.59. The molecule has 3 N–H and O–H groups in total. The molecule has 7 rings (SSSR count). The van der Waals surface area contributed by atoms with E-state index >= 15 is 0 Å². The summed E-state index contributed by atoms with van der Waals surface area (Å²) in [5.41, 5.74) is 2.44. The zero-order valence-corrected chi connectivity index (χ0v) is 35.8. The fourth-order valence-corrected chi connectivity index (χ4v) is 10.6. The number of esters is 2. The van der Waals surface area contributed by atoms with Crippen LogP contribution in [-0.4, -0.2) is 139 Å². The standard InChI is InChI=1S/C47H66O14/c1-7-11-36-45(59-46(52)29-12-9-8-10-13-29)41-23-40(57-36)44-34(50)24-47(60-41,61-44)17-16-32-19-27(3)35(55-32)15-14-31-18-26(2)28(4)37(56-31)22-38-33(21-42(51)53-5)43(54-6)39(58-38)20-30(49)25-48/h7-10,12-13,26,30-41,43-45,48-50H,1,3-4,11,14-25H2,2,5-6H3/t26?,30-,31?,32?,33?,34?,35?,36-,37+,38-,39+,40+,41+,43+,44-,45-,47+/m0/s1. The molecule has 6 fully saturated rings. The van der Waals surface area contributed by atoms with Crippen LogP contribution in [0.15, 0.2) is 67.3 Å². The van der Waals surface area contributed by atoms with E-state index in [-0.39, 0.29) is 61.5 Å². The first-order valence-electron chi connectivity index (χ1n) is 22.1. The molecule has 6 heterocycles. The van der Waals surface area contributed by atoms with Gasteiger partial charge in [-0.05, 0) is 67.7 Å². The minimum atomic E-state index is -1.10. The summed E-state index contributed by atoms with van der Waals surface area (Å²) in [4.78, 5) is 25.7. The van der Waals surface area contributed by atoms with Crippen molar-refractivity contribution < 1.29 is 67.5 Å². The normalized spacial score (nSPS) is 40.1. The maximum absolute atomic E-state index is 13.3. The van der Waals surface area contributed by atoms with Crippen LogP contribution in [0.1, 0.15) is 94.3 Å². The predicted octanol–water partition coefficient (Wildman–Crippen LogP) is 4.91. The van der Waals surface area contributed by atoms with E-state index in [9.17, 15) is 24.9 Å². The summed E-state index contributed by atoms with van der Waals surface area (Å²) in [7, 11) is 2.91. The van der Waals surface area contributed by atoms with Gasteiger partial charge < -0.3 is 58.0 Å². The van der Waals surface area contributed by atoms with Crippen molar-refractivity contribution in [3.05, 3.63) is 72.9 Å². The summed E-state index contributed by atoms with van der Waals surface area (Å²) >= 11 is 0. The van der Waals surface area contributed by atoms with Gasteiger partial charge in [0.05, 0.1) is 86.7 Å². The second kappa shape index (κ2) is 20.2. The molecule has 338 valence electrons. The number of carbonyl (C=O) groups is 2. The van der Waals surface area contributed by atoms with Gasteiger partial charge in [0.15, 0.2) is 11.9 Å². The third kappa shape index (κ3) is 10.5. The van der Waals surface area contributed by atoms with E-state index in [2.05, 4.69) is 26.7 Å². The molecule has 0 aliphatic carbocycles. The number of hydrogen-bond donors (Lipinski definition) is 3. The first-order chi connectivity index (χ1) is 29.3. The van der Waals surface area contributed by atoms with Crippen LogP contribution in [-0.2, 0) is 47.4 Å². The molecule has 14 heteroatoms. The van der Waals surface area contributed by atoms with Gasteiger partial charge in [-0.1, -0.05) is 44.4 Å². The Hall–Kier alpha value is -3.02. The average molecular weight is 855 g/mol. The summed E-state index contributed by atoms with van der Waals surface area (Å²) < 4.78 is 56.5. The van der Waals surface area contributed by atoms with Gasteiger partial charge >= 0.3 is 11.9 Å². The Labute approximate surface area is 359 Å². The Morgan fingerprint density at radius 1 is 0.934 bits per heavy atom.